The van der Waals surface area contributed by atoms with Gasteiger partial charge in [0.15, 0.2) is 49.6 Å². The molecule has 312 valence electrons. The lowest BCUT2D eigenvalue weighted by molar-refractivity contribution is -0.443. The van der Waals surface area contributed by atoms with Crippen LogP contribution in [0.2, 0.25) is 0 Å². The van der Waals surface area contributed by atoms with E-state index in [-0.39, 0.29) is 21.8 Å². The minimum atomic E-state index is -7.38. The van der Waals surface area contributed by atoms with Crippen molar-refractivity contribution in [1.82, 2.24) is 0 Å². The Morgan fingerprint density at radius 2 is 0.492 bits per heavy atom. The first-order valence-corrected chi connectivity index (χ1v) is 21.8. The van der Waals surface area contributed by atoms with Gasteiger partial charge in [-0.25, -0.2) is 21.6 Å². The molecule has 6 aromatic carbocycles. The van der Waals surface area contributed by atoms with Gasteiger partial charge in [-0.1, -0.05) is 109 Å². The highest BCUT2D eigenvalue weighted by Gasteiger charge is 2.73. The molecule has 0 saturated carbocycles. The summed E-state index contributed by atoms with van der Waals surface area (Å²) in [5.74, 6) is 0. The monoisotopic (exact) mass is 902 g/mol. The van der Waals surface area contributed by atoms with Crippen LogP contribution in [-0.2, 0) is 46.8 Å². The average Bonchev–Trinajstić information content (AvgIpc) is 3.20. The molecule has 0 fully saturated rings. The van der Waals surface area contributed by atoms with Crippen molar-refractivity contribution in [2.75, 3.05) is 0 Å². The van der Waals surface area contributed by atoms with E-state index in [1.165, 1.54) is 34.1 Å². The molecule has 59 heavy (non-hydrogen) atoms. The molecule has 0 atom stereocenters. The summed E-state index contributed by atoms with van der Waals surface area (Å²) in [4.78, 5) is 8.17. The maximum absolute atomic E-state index is 12.5. The number of hydrogen-bond donors (Lipinski definition) is 0. The van der Waals surface area contributed by atoms with Crippen LogP contribution in [0.4, 0.5) is 35.1 Å². The van der Waals surface area contributed by atoms with Gasteiger partial charge in [0.1, 0.15) is 0 Å². The number of halogens is 8. The lowest BCUT2D eigenvalue weighted by Crippen LogP contribution is -2.57. The Bertz CT molecular complexity index is 2060. The summed E-state index contributed by atoms with van der Waals surface area (Å²) in [6.07, 6.45) is -14.2. The second-order valence-corrected chi connectivity index (χ2v) is 18.5. The van der Waals surface area contributed by atoms with E-state index in [4.69, 9.17) is 0 Å². The highest BCUT2D eigenvalue weighted by atomic mass is 32.2. The normalized spacial score (nSPS) is 12.5. The molecule has 7 nitrogen and oxygen atoms in total. The van der Waals surface area contributed by atoms with Crippen molar-refractivity contribution in [2.45, 2.75) is 52.1 Å². The molecule has 0 aliphatic carbocycles. The van der Waals surface area contributed by atoms with Gasteiger partial charge in [0.05, 0.1) is 21.8 Å². The quantitative estimate of drug-likeness (QED) is 0.0681. The summed E-state index contributed by atoms with van der Waals surface area (Å²) < 4.78 is 159. The van der Waals surface area contributed by atoms with Crippen molar-refractivity contribution in [3.63, 3.8) is 0 Å². The van der Waals surface area contributed by atoms with Gasteiger partial charge in [-0.2, -0.15) is 35.1 Å². The number of ether oxygens (including phenoxy) is 1. The maximum atomic E-state index is 12.5. The lowest BCUT2D eigenvalue weighted by Gasteiger charge is -2.33. The van der Waals surface area contributed by atoms with Gasteiger partial charge >= 0.3 is 22.7 Å². The molecule has 0 aromatic heterocycles. The van der Waals surface area contributed by atoms with Crippen molar-refractivity contribution in [3.05, 3.63) is 182 Å². The summed E-state index contributed by atoms with van der Waals surface area (Å²) in [6.45, 7) is 0. The van der Waals surface area contributed by atoms with E-state index in [2.05, 4.69) is 182 Å². The molecule has 0 heterocycles. The first kappa shape index (κ1) is 46.9. The highest BCUT2D eigenvalue weighted by molar-refractivity contribution is 7.97. The SMILES string of the molecule is O=S(=O)([O-])C(F)(F)C(F)(F)OC(F)(F)C(F)(F)S(=O)(=O)[O-].c1ccc([S+](c2ccccc2)c2ccccc2)cc1.c1ccc([S+](c2ccccc2)c2ccccc2)cc1. The van der Waals surface area contributed by atoms with Crippen LogP contribution in [0.3, 0.4) is 0 Å². The molecule has 6 rings (SSSR count). The van der Waals surface area contributed by atoms with Crippen LogP contribution in [0.15, 0.2) is 211 Å². The van der Waals surface area contributed by atoms with Crippen molar-refractivity contribution in [3.8, 4) is 0 Å². The second-order valence-electron chi connectivity index (χ2n) is 11.6. The molecular formula is C40H30F8O7S4. The fraction of sp³-hybridized carbons (Fsp3) is 0.100. The van der Waals surface area contributed by atoms with Crippen LogP contribution >= 0.6 is 0 Å². The third kappa shape index (κ3) is 11.7. The zero-order valence-corrected chi connectivity index (χ0v) is 33.1. The van der Waals surface area contributed by atoms with E-state index in [9.17, 15) is 61.1 Å². The van der Waals surface area contributed by atoms with Crippen LogP contribution < -0.4 is 0 Å². The maximum Gasteiger partial charge on any atom is 0.438 e. The van der Waals surface area contributed by atoms with Crippen LogP contribution in [0.25, 0.3) is 0 Å². The Morgan fingerprint density at radius 1 is 0.339 bits per heavy atom. The van der Waals surface area contributed by atoms with Crippen LogP contribution in [0.1, 0.15) is 0 Å². The van der Waals surface area contributed by atoms with Gasteiger partial charge in [0.25, 0.3) is 0 Å². The molecule has 0 unspecified atom stereocenters. The molecule has 0 amide bonds. The van der Waals surface area contributed by atoms with Gasteiger partial charge < -0.3 is 9.11 Å². The van der Waals surface area contributed by atoms with Gasteiger partial charge in [0, 0.05) is 0 Å². The first-order valence-electron chi connectivity index (χ1n) is 16.5. The third-order valence-electron chi connectivity index (χ3n) is 7.44. The fourth-order valence-electron chi connectivity index (χ4n) is 4.73. The van der Waals surface area contributed by atoms with E-state index >= 15 is 0 Å². The van der Waals surface area contributed by atoms with Gasteiger partial charge in [-0.3, -0.25) is 0 Å². The summed E-state index contributed by atoms with van der Waals surface area (Å²) in [5.41, 5.74) is 0. The van der Waals surface area contributed by atoms with E-state index in [1.807, 2.05) is 0 Å². The van der Waals surface area contributed by atoms with Crippen molar-refractivity contribution < 1.29 is 65.8 Å². The van der Waals surface area contributed by atoms with E-state index in [1.54, 1.807) is 0 Å². The van der Waals surface area contributed by atoms with Crippen LogP contribution in [-0.4, -0.2) is 48.7 Å². The Balaban J connectivity index is 0.000000195. The number of rotatable bonds is 12. The van der Waals surface area contributed by atoms with Crippen LogP contribution in [0.5, 0.6) is 0 Å². The third-order valence-corrected chi connectivity index (χ3v) is 13.6. The van der Waals surface area contributed by atoms with Crippen LogP contribution in [0, 0.1) is 0 Å². The predicted octanol–water partition coefficient (Wildman–Crippen LogP) is 10.0. The van der Waals surface area contributed by atoms with E-state index in [0.717, 1.165) is 0 Å². The summed E-state index contributed by atoms with van der Waals surface area (Å²) in [6, 6.07) is 64.3. The van der Waals surface area contributed by atoms with Crippen molar-refractivity contribution >= 4 is 42.0 Å². The number of alkyl halides is 8. The molecule has 0 saturated heterocycles. The van der Waals surface area contributed by atoms with Crippen molar-refractivity contribution in [1.29, 1.82) is 0 Å². The Labute approximate surface area is 340 Å². The van der Waals surface area contributed by atoms with Gasteiger partial charge in [0.2, 0.25) is 0 Å². The molecule has 0 spiro atoms. The molecule has 0 aliphatic rings. The summed E-state index contributed by atoms with van der Waals surface area (Å²) in [5, 5.41) is -13.9. The molecule has 0 aliphatic heterocycles. The Morgan fingerprint density at radius 3 is 0.627 bits per heavy atom. The van der Waals surface area contributed by atoms with E-state index < -0.39 is 43.0 Å². The molecule has 6 aromatic rings. The molecular weight excluding hydrogens is 873 g/mol. The molecule has 0 radical (unpaired) electrons. The van der Waals surface area contributed by atoms with Gasteiger partial charge in [-0.15, -0.1) is 0 Å². The Hall–Kier alpha value is -4.76. The topological polar surface area (TPSA) is 124 Å². The second kappa shape index (κ2) is 19.5. The number of hydrogen-bond acceptors (Lipinski definition) is 7. The summed E-state index contributed by atoms with van der Waals surface area (Å²) >= 11 is 0. The predicted molar refractivity (Wildman–Crippen MR) is 203 cm³/mol. The first-order chi connectivity index (χ1) is 27.6. The zero-order valence-electron chi connectivity index (χ0n) is 29.8. The zero-order chi connectivity index (χ0) is 43.5. The summed E-state index contributed by atoms with van der Waals surface area (Å²) in [7, 11) is -14.8. The lowest BCUT2D eigenvalue weighted by atomic mass is 10.4. The molecule has 19 heteroatoms. The van der Waals surface area contributed by atoms with Gasteiger partial charge in [-0.05, 0) is 72.8 Å². The van der Waals surface area contributed by atoms with E-state index in [0.29, 0.717) is 0 Å². The smallest absolute Gasteiger partial charge is 0.438 e. The minimum Gasteiger partial charge on any atom is -0.743 e. The Kier molecular flexibility index (Phi) is 15.5. The minimum absolute atomic E-state index is 0.0146. The standard InChI is InChI=1S/2C18H15S.C4H2F8O7S2/c2*1-4-10-16(11-5-1)19(17-12-6-2-7-13-17)18-14-8-3-9-15-18;5-1(6,3(9,10)20(13,14)15)19-2(7,8)4(11,12)21(16,17)18/h2*1-15H;(H,13,14,15)(H,16,17,18)/q2*+1;/p-2. The number of benzene rings is 6. The highest BCUT2D eigenvalue weighted by Crippen LogP contribution is 2.48. The largest absolute Gasteiger partial charge is 0.743 e. The average molecular weight is 903 g/mol. The molecule has 0 bridgehead atoms. The molecule has 0 N–H and O–H groups in total. The van der Waals surface area contributed by atoms with Crippen molar-refractivity contribution in [2.24, 2.45) is 0 Å². The fourth-order valence-corrected chi connectivity index (χ4v) is 9.60.